The van der Waals surface area contributed by atoms with Gasteiger partial charge in [-0.25, -0.2) is 0 Å². The van der Waals surface area contributed by atoms with E-state index in [4.69, 9.17) is 0 Å². The van der Waals surface area contributed by atoms with Crippen molar-refractivity contribution < 1.29 is 0 Å². The van der Waals surface area contributed by atoms with Gasteiger partial charge in [-0.2, -0.15) is 0 Å². The molecule has 1 heterocycles. The number of amidine groups is 1. The summed E-state index contributed by atoms with van der Waals surface area (Å²) in [6.07, 6.45) is 0. The maximum absolute atomic E-state index is 4.09. The molecular formula is C7H14N2S. The van der Waals surface area contributed by atoms with Crippen LogP contribution < -0.4 is 5.32 Å². The Bertz CT molecular complexity index is 143. The Labute approximate surface area is 66.5 Å². The first-order chi connectivity index (χ1) is 4.74. The van der Waals surface area contributed by atoms with Gasteiger partial charge in [0.25, 0.3) is 0 Å². The summed E-state index contributed by atoms with van der Waals surface area (Å²) in [6.45, 7) is 5.57. The molecule has 0 saturated carbocycles. The quantitative estimate of drug-likeness (QED) is 0.622. The van der Waals surface area contributed by atoms with Gasteiger partial charge < -0.3 is 5.32 Å². The monoisotopic (exact) mass is 158 g/mol. The first-order valence-electron chi connectivity index (χ1n) is 3.61. The molecule has 1 saturated heterocycles. The lowest BCUT2D eigenvalue weighted by atomic mass is 10.1. The van der Waals surface area contributed by atoms with Crippen LogP contribution in [0.2, 0.25) is 0 Å². The van der Waals surface area contributed by atoms with E-state index in [0.29, 0.717) is 0 Å². The summed E-state index contributed by atoms with van der Waals surface area (Å²) in [6, 6.07) is 0. The summed E-state index contributed by atoms with van der Waals surface area (Å²) in [5, 5.41) is 5.07. The second-order valence-electron chi connectivity index (χ2n) is 2.81. The highest BCUT2D eigenvalue weighted by molar-refractivity contribution is 8.14. The van der Waals surface area contributed by atoms with Crippen molar-refractivity contribution in [2.24, 2.45) is 10.9 Å². The fourth-order valence-electron chi connectivity index (χ4n) is 0.918. The Kier molecular flexibility index (Phi) is 2.60. The Balaban J connectivity index is 2.43. The van der Waals surface area contributed by atoms with E-state index in [1.165, 1.54) is 0 Å². The number of rotatable bonds is 1. The molecule has 3 heteroatoms. The summed E-state index contributed by atoms with van der Waals surface area (Å²) in [4.78, 5) is 4.09. The smallest absolute Gasteiger partial charge is 0.156 e. The van der Waals surface area contributed by atoms with Crippen molar-refractivity contribution in [3.8, 4) is 0 Å². The average Bonchev–Trinajstić information content (AvgIpc) is 2.34. The molecular weight excluding hydrogens is 144 g/mol. The Hall–Kier alpha value is -0.180. The molecule has 1 rings (SSSR count). The second kappa shape index (κ2) is 3.28. The molecule has 0 amide bonds. The van der Waals surface area contributed by atoms with E-state index in [1.54, 1.807) is 0 Å². The molecule has 2 nitrogen and oxygen atoms in total. The minimum atomic E-state index is 0.721. The molecule has 1 unspecified atom stereocenters. The van der Waals surface area contributed by atoms with Crippen LogP contribution in [0.25, 0.3) is 0 Å². The maximum atomic E-state index is 4.09. The van der Waals surface area contributed by atoms with Gasteiger partial charge in [0.05, 0.1) is 0 Å². The molecule has 1 N–H and O–H groups in total. The van der Waals surface area contributed by atoms with Crippen molar-refractivity contribution in [2.75, 3.05) is 13.6 Å². The Morgan fingerprint density at radius 1 is 1.70 bits per heavy atom. The standard InChI is InChI=1S/C7H14N2S/c1-5(2)6-4-9-7(8-3)10-6/h5-6H,4H2,1-3H3,(H,8,9). The van der Waals surface area contributed by atoms with Gasteiger partial charge in [-0.15, -0.1) is 0 Å². The molecule has 0 aromatic heterocycles. The number of hydrogen-bond acceptors (Lipinski definition) is 2. The minimum absolute atomic E-state index is 0.721. The number of hydrogen-bond donors (Lipinski definition) is 1. The summed E-state index contributed by atoms with van der Waals surface area (Å²) in [5.41, 5.74) is 0. The van der Waals surface area contributed by atoms with Gasteiger partial charge in [-0.3, -0.25) is 4.99 Å². The minimum Gasteiger partial charge on any atom is -0.364 e. The average molecular weight is 158 g/mol. The van der Waals surface area contributed by atoms with Crippen molar-refractivity contribution in [1.82, 2.24) is 5.32 Å². The highest BCUT2D eigenvalue weighted by Gasteiger charge is 2.22. The lowest BCUT2D eigenvalue weighted by Crippen LogP contribution is -2.18. The summed E-state index contributed by atoms with van der Waals surface area (Å²) in [7, 11) is 1.83. The zero-order valence-electron chi connectivity index (χ0n) is 6.72. The molecule has 0 bridgehead atoms. The summed E-state index contributed by atoms with van der Waals surface area (Å²) in [5.74, 6) is 0.747. The van der Waals surface area contributed by atoms with Crippen LogP contribution in [-0.2, 0) is 0 Å². The fourth-order valence-corrected chi connectivity index (χ4v) is 1.92. The van der Waals surface area contributed by atoms with E-state index in [9.17, 15) is 0 Å². The Morgan fingerprint density at radius 3 is 2.70 bits per heavy atom. The molecule has 1 aliphatic rings. The zero-order valence-corrected chi connectivity index (χ0v) is 7.53. The molecule has 0 aromatic rings. The van der Waals surface area contributed by atoms with Gasteiger partial charge >= 0.3 is 0 Å². The fraction of sp³-hybridized carbons (Fsp3) is 0.857. The van der Waals surface area contributed by atoms with Crippen LogP contribution in [0, 0.1) is 5.92 Å². The second-order valence-corrected chi connectivity index (χ2v) is 4.04. The van der Waals surface area contributed by atoms with E-state index in [1.807, 2.05) is 18.8 Å². The van der Waals surface area contributed by atoms with E-state index < -0.39 is 0 Å². The highest BCUT2D eigenvalue weighted by atomic mass is 32.2. The molecule has 0 radical (unpaired) electrons. The van der Waals surface area contributed by atoms with Gasteiger partial charge in [-0.1, -0.05) is 25.6 Å². The predicted octanol–water partition coefficient (Wildman–Crippen LogP) is 1.33. The topological polar surface area (TPSA) is 24.4 Å². The third kappa shape index (κ3) is 1.66. The molecule has 0 spiro atoms. The lowest BCUT2D eigenvalue weighted by molar-refractivity contribution is 0.607. The highest BCUT2D eigenvalue weighted by Crippen LogP contribution is 2.23. The van der Waals surface area contributed by atoms with Crippen LogP contribution in [0.15, 0.2) is 4.99 Å². The molecule has 0 aromatic carbocycles. The van der Waals surface area contributed by atoms with Gasteiger partial charge in [0.2, 0.25) is 0 Å². The lowest BCUT2D eigenvalue weighted by Gasteiger charge is -2.08. The maximum Gasteiger partial charge on any atom is 0.156 e. The summed E-state index contributed by atoms with van der Waals surface area (Å²) >= 11 is 1.86. The normalized spacial score (nSPS) is 29.6. The number of thioether (sulfide) groups is 1. The molecule has 1 aliphatic heterocycles. The van der Waals surface area contributed by atoms with Crippen LogP contribution in [0.3, 0.4) is 0 Å². The van der Waals surface area contributed by atoms with E-state index in [0.717, 1.165) is 22.9 Å². The van der Waals surface area contributed by atoms with Crippen LogP contribution in [0.1, 0.15) is 13.8 Å². The number of nitrogens with zero attached hydrogens (tertiary/aromatic N) is 1. The van der Waals surface area contributed by atoms with Crippen LogP contribution in [-0.4, -0.2) is 24.0 Å². The van der Waals surface area contributed by atoms with Crippen molar-refractivity contribution >= 4 is 16.9 Å². The van der Waals surface area contributed by atoms with Crippen molar-refractivity contribution in [3.05, 3.63) is 0 Å². The molecule has 1 fully saturated rings. The number of aliphatic imine (C=N–C) groups is 1. The molecule has 10 heavy (non-hydrogen) atoms. The first kappa shape index (κ1) is 7.92. The van der Waals surface area contributed by atoms with Gasteiger partial charge in [-0.05, 0) is 5.92 Å². The third-order valence-corrected chi connectivity index (χ3v) is 3.23. The number of nitrogens with one attached hydrogen (secondary N) is 1. The zero-order chi connectivity index (χ0) is 7.56. The summed E-state index contributed by atoms with van der Waals surface area (Å²) < 4.78 is 0. The van der Waals surface area contributed by atoms with Crippen LogP contribution in [0.5, 0.6) is 0 Å². The van der Waals surface area contributed by atoms with Crippen LogP contribution in [0.4, 0.5) is 0 Å². The molecule has 0 aliphatic carbocycles. The van der Waals surface area contributed by atoms with Gasteiger partial charge in [0.1, 0.15) is 0 Å². The molecule has 1 atom stereocenters. The largest absolute Gasteiger partial charge is 0.364 e. The first-order valence-corrected chi connectivity index (χ1v) is 4.49. The third-order valence-electron chi connectivity index (χ3n) is 1.66. The van der Waals surface area contributed by atoms with E-state index in [2.05, 4.69) is 24.2 Å². The SMILES string of the molecule is CN=C1NCC(C(C)C)S1. The van der Waals surface area contributed by atoms with Crippen molar-refractivity contribution in [3.63, 3.8) is 0 Å². The van der Waals surface area contributed by atoms with Crippen molar-refractivity contribution in [2.45, 2.75) is 19.1 Å². The van der Waals surface area contributed by atoms with E-state index >= 15 is 0 Å². The Morgan fingerprint density at radius 2 is 2.40 bits per heavy atom. The van der Waals surface area contributed by atoms with Crippen molar-refractivity contribution in [1.29, 1.82) is 0 Å². The van der Waals surface area contributed by atoms with Crippen LogP contribution >= 0.6 is 11.8 Å². The van der Waals surface area contributed by atoms with E-state index in [-0.39, 0.29) is 0 Å². The molecule has 58 valence electrons. The predicted molar refractivity (Wildman–Crippen MR) is 47.6 cm³/mol. The van der Waals surface area contributed by atoms with Gasteiger partial charge in [0, 0.05) is 18.8 Å². The van der Waals surface area contributed by atoms with Gasteiger partial charge in [0.15, 0.2) is 5.17 Å².